The van der Waals surface area contributed by atoms with Gasteiger partial charge in [0, 0.05) is 17.8 Å². The number of rotatable bonds is 6. The summed E-state index contributed by atoms with van der Waals surface area (Å²) in [6, 6.07) is 8.80. The number of halogens is 1. The number of ether oxygens (including phenoxy) is 1. The maximum Gasteiger partial charge on any atom is 0.375 e. The fraction of sp³-hybridized carbons (Fsp3) is 0.235. The fourth-order valence-corrected chi connectivity index (χ4v) is 2.03. The first kappa shape index (κ1) is 17.2. The Morgan fingerprint density at radius 3 is 2.58 bits per heavy atom. The monoisotopic (exact) mass is 330 g/mol. The van der Waals surface area contributed by atoms with Crippen molar-refractivity contribution in [2.45, 2.75) is 13.3 Å². The number of anilines is 1. The summed E-state index contributed by atoms with van der Waals surface area (Å²) in [5, 5.41) is 8.72. The van der Waals surface area contributed by atoms with E-state index in [9.17, 15) is 14.0 Å². The molecule has 1 aromatic carbocycles. The molecular formula is C17H15FN2O4. The first-order chi connectivity index (χ1) is 11.5. The number of aryl methyl sites for hydroxylation is 1. The Balaban J connectivity index is 2.05. The molecule has 0 aliphatic heterocycles. The van der Waals surface area contributed by atoms with Gasteiger partial charge in [-0.1, -0.05) is 0 Å². The number of furan rings is 1. The van der Waals surface area contributed by atoms with Crippen LogP contribution in [0.3, 0.4) is 0 Å². The Labute approximate surface area is 138 Å². The molecule has 7 heteroatoms. The third-order valence-corrected chi connectivity index (χ3v) is 3.26. The van der Waals surface area contributed by atoms with Gasteiger partial charge in [0.15, 0.2) is 6.61 Å². The van der Waals surface area contributed by atoms with Crippen LogP contribution in [0.2, 0.25) is 0 Å². The number of carbonyl (C=O) groups excluding carboxylic acids is 2. The van der Waals surface area contributed by atoms with Crippen molar-refractivity contribution in [3.05, 3.63) is 53.7 Å². The molecule has 2 rings (SSSR count). The first-order valence-corrected chi connectivity index (χ1v) is 7.17. The van der Waals surface area contributed by atoms with Gasteiger partial charge in [0.2, 0.25) is 5.76 Å². The van der Waals surface area contributed by atoms with Gasteiger partial charge in [-0.25, -0.2) is 9.18 Å². The molecule has 1 heterocycles. The average Bonchev–Trinajstić information content (AvgIpc) is 3.00. The lowest BCUT2D eigenvalue weighted by Gasteiger charge is -2.21. The van der Waals surface area contributed by atoms with Crippen molar-refractivity contribution in [1.29, 1.82) is 5.26 Å². The van der Waals surface area contributed by atoms with Crippen LogP contribution in [0.4, 0.5) is 10.1 Å². The van der Waals surface area contributed by atoms with Crippen molar-refractivity contribution in [2.24, 2.45) is 0 Å². The van der Waals surface area contributed by atoms with E-state index in [1.807, 2.05) is 6.07 Å². The van der Waals surface area contributed by atoms with Crippen LogP contribution in [0.5, 0.6) is 0 Å². The van der Waals surface area contributed by atoms with Crippen molar-refractivity contribution < 1.29 is 23.1 Å². The molecule has 0 atom stereocenters. The number of hydrogen-bond acceptors (Lipinski definition) is 5. The Morgan fingerprint density at radius 2 is 2.00 bits per heavy atom. The summed E-state index contributed by atoms with van der Waals surface area (Å²) >= 11 is 0. The van der Waals surface area contributed by atoms with E-state index in [0.29, 0.717) is 11.3 Å². The molecule has 0 aliphatic carbocycles. The van der Waals surface area contributed by atoms with E-state index in [4.69, 9.17) is 14.4 Å². The van der Waals surface area contributed by atoms with Gasteiger partial charge in [-0.15, -0.1) is 0 Å². The minimum absolute atomic E-state index is 0.0353. The van der Waals surface area contributed by atoms with Gasteiger partial charge in [-0.2, -0.15) is 5.26 Å². The molecule has 24 heavy (non-hydrogen) atoms. The number of carbonyl (C=O) groups is 2. The minimum Gasteiger partial charge on any atom is -0.457 e. The van der Waals surface area contributed by atoms with Gasteiger partial charge in [0.1, 0.15) is 5.82 Å². The third-order valence-electron chi connectivity index (χ3n) is 3.26. The van der Waals surface area contributed by atoms with E-state index in [2.05, 4.69) is 0 Å². The molecule has 0 saturated heterocycles. The van der Waals surface area contributed by atoms with Gasteiger partial charge in [-0.3, -0.25) is 4.79 Å². The molecule has 6 nitrogen and oxygen atoms in total. The summed E-state index contributed by atoms with van der Waals surface area (Å²) in [6.45, 7) is 1.28. The Kier molecular flexibility index (Phi) is 5.68. The van der Waals surface area contributed by atoms with Gasteiger partial charge < -0.3 is 14.1 Å². The van der Waals surface area contributed by atoms with Gasteiger partial charge in [-0.05, 0) is 37.3 Å². The Bertz CT molecular complexity index is 762. The standard InChI is InChI=1S/C17H15FN2O4/c1-12-7-10-23-16(12)17(22)24-11-15(21)20(9-2-8-19)14-5-3-13(18)4-6-14/h3-7,10H,2,9,11H2,1H3. The van der Waals surface area contributed by atoms with Crippen molar-refractivity contribution >= 4 is 17.6 Å². The minimum atomic E-state index is -0.745. The summed E-state index contributed by atoms with van der Waals surface area (Å²) in [5.74, 6) is -1.67. The first-order valence-electron chi connectivity index (χ1n) is 7.17. The second-order valence-electron chi connectivity index (χ2n) is 4.94. The maximum atomic E-state index is 13.0. The highest BCUT2D eigenvalue weighted by Gasteiger charge is 2.20. The molecule has 0 spiro atoms. The van der Waals surface area contributed by atoms with Crippen LogP contribution in [-0.2, 0) is 9.53 Å². The number of amides is 1. The van der Waals surface area contributed by atoms with Crippen LogP contribution in [0.25, 0.3) is 0 Å². The predicted molar refractivity (Wildman–Crippen MR) is 82.7 cm³/mol. The summed E-state index contributed by atoms with van der Waals surface area (Å²) in [7, 11) is 0. The number of benzene rings is 1. The molecule has 0 unspecified atom stereocenters. The second kappa shape index (κ2) is 7.92. The summed E-state index contributed by atoms with van der Waals surface area (Å²) in [4.78, 5) is 25.4. The lowest BCUT2D eigenvalue weighted by Crippen LogP contribution is -2.35. The summed E-state index contributed by atoms with van der Waals surface area (Å²) in [5.41, 5.74) is 1.02. The van der Waals surface area contributed by atoms with E-state index in [1.54, 1.807) is 13.0 Å². The molecule has 124 valence electrons. The topological polar surface area (TPSA) is 83.5 Å². The number of hydrogen-bond donors (Lipinski definition) is 0. The molecule has 0 N–H and O–H groups in total. The van der Waals surface area contributed by atoms with Crippen LogP contribution in [0.15, 0.2) is 41.0 Å². The smallest absolute Gasteiger partial charge is 0.375 e. The zero-order valence-electron chi connectivity index (χ0n) is 13.0. The zero-order chi connectivity index (χ0) is 17.5. The van der Waals surface area contributed by atoms with Crippen molar-refractivity contribution in [2.75, 3.05) is 18.1 Å². The molecule has 0 bridgehead atoms. The van der Waals surface area contributed by atoms with E-state index >= 15 is 0 Å². The number of nitriles is 1. The highest BCUT2D eigenvalue weighted by molar-refractivity contribution is 5.96. The molecule has 0 radical (unpaired) electrons. The molecule has 0 aliphatic rings. The highest BCUT2D eigenvalue weighted by atomic mass is 19.1. The maximum absolute atomic E-state index is 13.0. The van der Waals surface area contributed by atoms with E-state index < -0.39 is 24.3 Å². The SMILES string of the molecule is Cc1ccoc1C(=O)OCC(=O)N(CCC#N)c1ccc(F)cc1. The molecular weight excluding hydrogens is 315 g/mol. The molecule has 0 saturated carbocycles. The van der Waals surface area contributed by atoms with Crippen LogP contribution in [-0.4, -0.2) is 25.0 Å². The molecule has 0 fully saturated rings. The normalized spacial score (nSPS) is 10.0. The third kappa shape index (κ3) is 4.20. The van der Waals surface area contributed by atoms with Gasteiger partial charge in [0.25, 0.3) is 5.91 Å². The van der Waals surface area contributed by atoms with Crippen LogP contribution < -0.4 is 4.90 Å². The number of esters is 1. The molecule has 1 aromatic heterocycles. The quantitative estimate of drug-likeness (QED) is 0.761. The number of nitrogens with zero attached hydrogens (tertiary/aromatic N) is 2. The molecule has 2 aromatic rings. The Morgan fingerprint density at radius 1 is 1.29 bits per heavy atom. The zero-order valence-corrected chi connectivity index (χ0v) is 13.0. The van der Waals surface area contributed by atoms with E-state index in [-0.39, 0.29) is 18.7 Å². The fourth-order valence-electron chi connectivity index (χ4n) is 2.03. The summed E-state index contributed by atoms with van der Waals surface area (Å²) < 4.78 is 23.0. The lowest BCUT2D eigenvalue weighted by atomic mass is 10.2. The van der Waals surface area contributed by atoms with Gasteiger partial charge in [0.05, 0.1) is 18.8 Å². The largest absolute Gasteiger partial charge is 0.457 e. The second-order valence-corrected chi connectivity index (χ2v) is 4.94. The van der Waals surface area contributed by atoms with Crippen molar-refractivity contribution in [1.82, 2.24) is 0 Å². The van der Waals surface area contributed by atoms with E-state index in [0.717, 1.165) is 0 Å². The van der Waals surface area contributed by atoms with Crippen molar-refractivity contribution in [3.63, 3.8) is 0 Å². The average molecular weight is 330 g/mol. The van der Waals surface area contributed by atoms with Crippen molar-refractivity contribution in [3.8, 4) is 6.07 Å². The van der Waals surface area contributed by atoms with Crippen LogP contribution >= 0.6 is 0 Å². The lowest BCUT2D eigenvalue weighted by molar-refractivity contribution is -0.121. The summed E-state index contributed by atoms with van der Waals surface area (Å²) in [6.07, 6.45) is 1.44. The highest BCUT2D eigenvalue weighted by Crippen LogP contribution is 2.16. The molecule has 1 amide bonds. The van der Waals surface area contributed by atoms with Crippen LogP contribution in [0, 0.1) is 24.1 Å². The predicted octanol–water partition coefficient (Wildman–Crippen LogP) is 2.83. The van der Waals surface area contributed by atoms with E-state index in [1.165, 1.54) is 35.4 Å². The van der Waals surface area contributed by atoms with Crippen LogP contribution in [0.1, 0.15) is 22.5 Å². The Hall–Kier alpha value is -3.14. The van der Waals surface area contributed by atoms with Gasteiger partial charge >= 0.3 is 5.97 Å².